The number of rotatable bonds is 9. The van der Waals surface area contributed by atoms with Gasteiger partial charge in [-0.1, -0.05) is 53.0 Å². The molecule has 0 spiro atoms. The number of imidazole rings is 1. The lowest BCUT2D eigenvalue weighted by molar-refractivity contribution is -0.0614. The largest absolute Gasteiger partial charge is 0.369 e. The Morgan fingerprint density at radius 1 is 1.04 bits per heavy atom. The van der Waals surface area contributed by atoms with Crippen molar-refractivity contribution in [3.8, 4) is 0 Å². The van der Waals surface area contributed by atoms with Crippen LogP contribution in [0.4, 0.5) is 0 Å². The second-order valence-corrected chi connectivity index (χ2v) is 8.47. The van der Waals surface area contributed by atoms with Gasteiger partial charge in [0.15, 0.2) is 0 Å². The van der Waals surface area contributed by atoms with Crippen LogP contribution in [0.5, 0.6) is 0 Å². The minimum Gasteiger partial charge on any atom is -0.369 e. The summed E-state index contributed by atoms with van der Waals surface area (Å²) >= 11 is 18.3. The molecule has 3 nitrogen and oxygen atoms in total. The highest BCUT2D eigenvalue weighted by atomic mass is 35.5. The molecule has 0 fully saturated rings. The minimum atomic E-state index is -0.351. The van der Waals surface area contributed by atoms with Gasteiger partial charge in [0.2, 0.25) is 0 Å². The summed E-state index contributed by atoms with van der Waals surface area (Å²) in [6.07, 6.45) is 8.43. The zero-order valence-electron chi connectivity index (χ0n) is 15.7. The van der Waals surface area contributed by atoms with E-state index < -0.39 is 0 Å². The Bertz CT molecular complexity index is 881. The van der Waals surface area contributed by atoms with Gasteiger partial charge in [-0.3, -0.25) is 0 Å². The van der Waals surface area contributed by atoms with E-state index in [1.807, 2.05) is 41.4 Å². The molecule has 0 N–H and O–H groups in total. The lowest BCUT2D eigenvalue weighted by Gasteiger charge is -2.31. The third kappa shape index (κ3) is 6.25. The van der Waals surface area contributed by atoms with Crippen molar-refractivity contribution >= 4 is 34.8 Å². The van der Waals surface area contributed by atoms with Crippen LogP contribution >= 0.6 is 34.8 Å². The number of nitrogens with zero attached hydrogens (tertiary/aromatic N) is 2. The molecule has 0 aliphatic carbocycles. The summed E-state index contributed by atoms with van der Waals surface area (Å²) in [5, 5.41) is 2.01. The van der Waals surface area contributed by atoms with Crippen molar-refractivity contribution < 1.29 is 4.74 Å². The number of hydrogen-bond donors (Lipinski definition) is 0. The van der Waals surface area contributed by atoms with E-state index in [1.54, 1.807) is 12.3 Å². The van der Waals surface area contributed by atoms with E-state index in [0.717, 1.165) is 36.4 Å². The van der Waals surface area contributed by atoms with Gasteiger partial charge in [0, 0.05) is 27.5 Å². The molecule has 1 unspecified atom stereocenters. The third-order valence-electron chi connectivity index (χ3n) is 4.75. The van der Waals surface area contributed by atoms with Gasteiger partial charge in [-0.2, -0.15) is 0 Å². The molecule has 0 amide bonds. The Morgan fingerprint density at radius 3 is 2.46 bits per heavy atom. The molecule has 1 aromatic heterocycles. The molecule has 0 radical (unpaired) electrons. The van der Waals surface area contributed by atoms with Crippen LogP contribution in [0.2, 0.25) is 15.1 Å². The summed E-state index contributed by atoms with van der Waals surface area (Å²) in [5.41, 5.74) is 1.85. The Labute approximate surface area is 181 Å². The maximum absolute atomic E-state index is 6.37. The molecule has 3 rings (SSSR count). The highest BCUT2D eigenvalue weighted by molar-refractivity contribution is 6.35. The molecule has 6 heteroatoms. The monoisotopic (exact) mass is 436 g/mol. The van der Waals surface area contributed by atoms with Crippen molar-refractivity contribution in [3.63, 3.8) is 0 Å². The molecule has 2 aromatic carbocycles. The molecule has 0 saturated carbocycles. The van der Waals surface area contributed by atoms with Gasteiger partial charge in [-0.25, -0.2) is 4.98 Å². The molecule has 0 saturated heterocycles. The van der Waals surface area contributed by atoms with E-state index in [9.17, 15) is 0 Å². The van der Waals surface area contributed by atoms with E-state index in [1.165, 1.54) is 5.56 Å². The zero-order chi connectivity index (χ0) is 20.0. The van der Waals surface area contributed by atoms with Crippen molar-refractivity contribution in [1.82, 2.24) is 9.55 Å². The summed E-state index contributed by atoms with van der Waals surface area (Å²) in [5.74, 6) is 0. The Balaban J connectivity index is 1.64. The first-order valence-corrected chi connectivity index (χ1v) is 10.3. The van der Waals surface area contributed by atoms with Gasteiger partial charge in [-0.15, -0.1) is 0 Å². The number of halogens is 3. The fourth-order valence-corrected chi connectivity index (χ4v) is 3.76. The summed E-state index contributed by atoms with van der Waals surface area (Å²) in [4.78, 5) is 4.14. The molecule has 0 bridgehead atoms. The van der Waals surface area contributed by atoms with E-state index in [4.69, 9.17) is 39.5 Å². The van der Waals surface area contributed by atoms with Crippen LogP contribution in [0.25, 0.3) is 0 Å². The molecular formula is C22H23Cl3N2O. The second-order valence-electron chi connectivity index (χ2n) is 7.19. The molecule has 1 atom stereocenters. The van der Waals surface area contributed by atoms with Crippen LogP contribution in [0.15, 0.2) is 61.2 Å². The van der Waals surface area contributed by atoms with E-state index >= 15 is 0 Å². The van der Waals surface area contributed by atoms with E-state index in [-0.39, 0.29) is 5.60 Å². The van der Waals surface area contributed by atoms with Gasteiger partial charge in [0.25, 0.3) is 0 Å². The molecule has 28 heavy (non-hydrogen) atoms. The molecule has 0 aliphatic rings. The molecule has 0 aliphatic heterocycles. The molecule has 148 valence electrons. The maximum Gasteiger partial charge on any atom is 0.0946 e. The number of ether oxygens (including phenoxy) is 1. The molecule has 3 aromatic rings. The second kappa shape index (κ2) is 9.80. The highest BCUT2D eigenvalue weighted by Crippen LogP contribution is 2.27. The third-order valence-corrected chi connectivity index (χ3v) is 5.59. The number of hydrogen-bond acceptors (Lipinski definition) is 2. The summed E-state index contributed by atoms with van der Waals surface area (Å²) in [6, 6.07) is 13.5. The smallest absolute Gasteiger partial charge is 0.0946 e. The predicted octanol–water partition coefficient (Wildman–Crippen LogP) is 6.84. The summed E-state index contributed by atoms with van der Waals surface area (Å²) in [7, 11) is 0. The van der Waals surface area contributed by atoms with Crippen LogP contribution in [0, 0.1) is 0 Å². The van der Waals surface area contributed by atoms with Crippen LogP contribution in [0.3, 0.4) is 0 Å². The average molecular weight is 438 g/mol. The highest BCUT2D eigenvalue weighted by Gasteiger charge is 2.26. The van der Waals surface area contributed by atoms with Crippen LogP contribution in [0.1, 0.15) is 30.9 Å². The fraction of sp³-hybridized carbons (Fsp3) is 0.318. The van der Waals surface area contributed by atoms with Gasteiger partial charge >= 0.3 is 0 Å². The fourth-order valence-electron chi connectivity index (χ4n) is 3.17. The SMILES string of the molecule is CC(CCCc1ccc(Cl)cc1)(Cn1ccnc1)OCc1ccc(Cl)cc1Cl. The molecule has 1 heterocycles. The summed E-state index contributed by atoms with van der Waals surface area (Å²) in [6.45, 7) is 3.29. The van der Waals surface area contributed by atoms with Crippen LogP contribution < -0.4 is 0 Å². The minimum absolute atomic E-state index is 0.351. The van der Waals surface area contributed by atoms with Crippen molar-refractivity contribution in [1.29, 1.82) is 0 Å². The first-order valence-electron chi connectivity index (χ1n) is 9.22. The van der Waals surface area contributed by atoms with Crippen molar-refractivity contribution in [2.75, 3.05) is 0 Å². The lowest BCUT2D eigenvalue weighted by Crippen LogP contribution is -2.34. The molecular weight excluding hydrogens is 415 g/mol. The van der Waals surface area contributed by atoms with Crippen LogP contribution in [-0.2, 0) is 24.3 Å². The quantitative estimate of drug-likeness (QED) is 0.366. The first kappa shape index (κ1) is 21.2. The zero-order valence-corrected chi connectivity index (χ0v) is 18.0. The summed E-state index contributed by atoms with van der Waals surface area (Å²) < 4.78 is 8.42. The standard InChI is InChI=1S/C22H23Cl3N2O/c1-22(15-27-12-11-26-16-27,10-2-3-17-4-7-19(23)8-5-17)28-14-18-6-9-20(24)13-21(18)25/h4-9,11-13,16H,2-3,10,14-15H2,1H3. The van der Waals surface area contributed by atoms with Gasteiger partial charge in [0.1, 0.15) is 0 Å². The Kier molecular flexibility index (Phi) is 7.42. The van der Waals surface area contributed by atoms with E-state index in [2.05, 4.69) is 24.0 Å². The number of aromatic nitrogens is 2. The Morgan fingerprint density at radius 2 is 1.79 bits per heavy atom. The van der Waals surface area contributed by atoms with Gasteiger partial charge in [0.05, 0.1) is 25.1 Å². The van der Waals surface area contributed by atoms with Crippen molar-refractivity contribution in [2.24, 2.45) is 0 Å². The van der Waals surface area contributed by atoms with Crippen molar-refractivity contribution in [2.45, 2.75) is 44.9 Å². The maximum atomic E-state index is 6.37. The van der Waals surface area contributed by atoms with Gasteiger partial charge in [-0.05, 0) is 61.6 Å². The topological polar surface area (TPSA) is 27.1 Å². The Hall–Kier alpha value is -1.52. The van der Waals surface area contributed by atoms with Gasteiger partial charge < -0.3 is 9.30 Å². The first-order chi connectivity index (χ1) is 13.4. The van der Waals surface area contributed by atoms with E-state index in [0.29, 0.717) is 16.7 Å². The van der Waals surface area contributed by atoms with Crippen LogP contribution in [-0.4, -0.2) is 15.2 Å². The predicted molar refractivity (Wildman–Crippen MR) is 116 cm³/mol. The average Bonchev–Trinajstić information content (AvgIpc) is 3.15. The lowest BCUT2D eigenvalue weighted by atomic mass is 9.96. The van der Waals surface area contributed by atoms with Crippen molar-refractivity contribution in [3.05, 3.63) is 87.4 Å². The number of benzene rings is 2. The number of aryl methyl sites for hydroxylation is 1. The normalized spacial score (nSPS) is 13.4.